The Labute approximate surface area is 161 Å². The second kappa shape index (κ2) is 17.3. The molecule has 1 rings (SSSR count). The van der Waals surface area contributed by atoms with Crippen LogP contribution in [0.5, 0.6) is 0 Å². The van der Waals surface area contributed by atoms with Crippen molar-refractivity contribution in [3.63, 3.8) is 0 Å². The molecule has 144 valence electrons. The third kappa shape index (κ3) is 12.8. The Kier molecular flexibility index (Phi) is 15.9. The highest BCUT2D eigenvalue weighted by molar-refractivity contribution is 7.39. The van der Waals surface area contributed by atoms with E-state index in [1.165, 1.54) is 94.8 Å². The third-order valence-electron chi connectivity index (χ3n) is 4.64. The number of rotatable bonds is 17. The van der Waals surface area contributed by atoms with Crippen LogP contribution in [0.3, 0.4) is 0 Å². The molecule has 1 aromatic rings. The standard InChI is InChI=1S/C22H41NP2/c1-3-5-7-9-14-18-24-20-23(22-16-12-11-13-17-22)21-25-19-15-10-8-6-4-2/h11-13,16-17,24-25H,3-10,14-15,18-21H2,1-2H3. The molecule has 0 aliphatic heterocycles. The molecule has 0 amide bonds. The molecule has 0 aliphatic carbocycles. The van der Waals surface area contributed by atoms with Gasteiger partial charge in [-0.2, -0.15) is 0 Å². The molecule has 0 spiro atoms. The van der Waals surface area contributed by atoms with Crippen molar-refractivity contribution in [2.45, 2.75) is 78.1 Å². The van der Waals surface area contributed by atoms with Gasteiger partial charge in [0.05, 0.1) is 0 Å². The van der Waals surface area contributed by atoms with Crippen LogP contribution in [0.2, 0.25) is 0 Å². The number of unbranched alkanes of at least 4 members (excludes halogenated alkanes) is 8. The second-order valence-electron chi connectivity index (χ2n) is 7.02. The van der Waals surface area contributed by atoms with Gasteiger partial charge in [-0.25, -0.2) is 0 Å². The van der Waals surface area contributed by atoms with Crippen molar-refractivity contribution < 1.29 is 0 Å². The van der Waals surface area contributed by atoms with Gasteiger partial charge < -0.3 is 4.90 Å². The van der Waals surface area contributed by atoms with E-state index in [9.17, 15) is 0 Å². The Bertz CT molecular complexity index is 365. The van der Waals surface area contributed by atoms with E-state index in [2.05, 4.69) is 49.1 Å². The molecular weight excluding hydrogens is 340 g/mol. The van der Waals surface area contributed by atoms with Crippen LogP contribution in [0.1, 0.15) is 78.1 Å². The summed E-state index contributed by atoms with van der Waals surface area (Å²) >= 11 is 0. The van der Waals surface area contributed by atoms with Gasteiger partial charge in [0.1, 0.15) is 0 Å². The summed E-state index contributed by atoms with van der Waals surface area (Å²) in [6, 6.07) is 11.1. The van der Waals surface area contributed by atoms with Crippen LogP contribution in [0.4, 0.5) is 5.69 Å². The topological polar surface area (TPSA) is 3.24 Å². The fourth-order valence-corrected chi connectivity index (χ4v) is 5.68. The van der Waals surface area contributed by atoms with Crippen molar-refractivity contribution in [2.24, 2.45) is 0 Å². The minimum absolute atomic E-state index is 1.09. The maximum Gasteiger partial charge on any atom is 0.0372 e. The molecule has 0 bridgehead atoms. The van der Waals surface area contributed by atoms with Crippen LogP contribution < -0.4 is 4.90 Å². The Morgan fingerprint density at radius 2 is 1.12 bits per heavy atom. The minimum Gasteiger partial charge on any atom is -0.364 e. The number of hydrogen-bond acceptors (Lipinski definition) is 1. The van der Waals surface area contributed by atoms with E-state index in [1.807, 2.05) is 0 Å². The largest absolute Gasteiger partial charge is 0.364 e. The summed E-state index contributed by atoms with van der Waals surface area (Å²) < 4.78 is 0. The molecule has 1 aromatic carbocycles. The van der Waals surface area contributed by atoms with E-state index in [0.29, 0.717) is 0 Å². The summed E-state index contributed by atoms with van der Waals surface area (Å²) in [5, 5.41) is 0. The summed E-state index contributed by atoms with van der Waals surface area (Å²) in [5.41, 5.74) is 1.43. The predicted molar refractivity (Wildman–Crippen MR) is 123 cm³/mol. The van der Waals surface area contributed by atoms with Crippen LogP contribution in [0.15, 0.2) is 30.3 Å². The maximum atomic E-state index is 2.65. The summed E-state index contributed by atoms with van der Waals surface area (Å²) in [7, 11) is 2.18. The van der Waals surface area contributed by atoms with Gasteiger partial charge in [0, 0.05) is 18.3 Å². The summed E-state index contributed by atoms with van der Waals surface area (Å²) in [5.74, 6) is 0. The molecule has 0 N–H and O–H groups in total. The van der Waals surface area contributed by atoms with Crippen molar-refractivity contribution in [1.29, 1.82) is 0 Å². The molecule has 0 radical (unpaired) electrons. The van der Waals surface area contributed by atoms with E-state index in [4.69, 9.17) is 0 Å². The number of anilines is 1. The van der Waals surface area contributed by atoms with Crippen LogP contribution in [-0.2, 0) is 0 Å². The van der Waals surface area contributed by atoms with Gasteiger partial charge in [0.2, 0.25) is 0 Å². The van der Waals surface area contributed by atoms with E-state index in [-0.39, 0.29) is 0 Å². The smallest absolute Gasteiger partial charge is 0.0372 e. The average Bonchev–Trinajstić information content (AvgIpc) is 2.65. The first-order chi connectivity index (χ1) is 12.4. The molecule has 2 unspecified atom stereocenters. The first-order valence-corrected chi connectivity index (χ1v) is 13.4. The fraction of sp³-hybridized carbons (Fsp3) is 0.727. The highest BCUT2D eigenvalue weighted by Gasteiger charge is 2.05. The molecular formula is C22H41NP2. The van der Waals surface area contributed by atoms with Crippen molar-refractivity contribution >= 4 is 22.8 Å². The number of hydrogen-bond donors (Lipinski definition) is 0. The molecule has 0 aromatic heterocycles. The molecule has 0 saturated carbocycles. The lowest BCUT2D eigenvalue weighted by atomic mass is 10.2. The van der Waals surface area contributed by atoms with Crippen molar-refractivity contribution in [2.75, 3.05) is 29.8 Å². The van der Waals surface area contributed by atoms with E-state index >= 15 is 0 Å². The maximum absolute atomic E-state index is 2.65. The molecule has 2 atom stereocenters. The SMILES string of the molecule is CCCCCCCPCN(CPCCCCCCC)c1ccccc1. The quantitative estimate of drug-likeness (QED) is 0.197. The first-order valence-electron chi connectivity index (χ1n) is 10.6. The third-order valence-corrected chi connectivity index (χ3v) is 7.27. The molecule has 25 heavy (non-hydrogen) atoms. The van der Waals surface area contributed by atoms with Crippen molar-refractivity contribution in [3.05, 3.63) is 30.3 Å². The van der Waals surface area contributed by atoms with Gasteiger partial charge in [-0.1, -0.05) is 83.4 Å². The van der Waals surface area contributed by atoms with Gasteiger partial charge in [-0.05, 0) is 37.3 Å². The predicted octanol–water partition coefficient (Wildman–Crippen LogP) is 7.71. The molecule has 3 heteroatoms. The number of benzene rings is 1. The zero-order chi connectivity index (χ0) is 18.0. The highest BCUT2D eigenvalue weighted by Crippen LogP contribution is 2.26. The molecule has 0 fully saturated rings. The second-order valence-corrected chi connectivity index (χ2v) is 9.65. The highest BCUT2D eigenvalue weighted by atomic mass is 31.1. The molecule has 0 heterocycles. The Balaban J connectivity index is 2.21. The zero-order valence-electron chi connectivity index (χ0n) is 16.7. The van der Waals surface area contributed by atoms with E-state index in [0.717, 1.165) is 17.2 Å². The first kappa shape index (κ1) is 22.9. The Hall–Kier alpha value is -0.120. The lowest BCUT2D eigenvalue weighted by Gasteiger charge is -2.25. The van der Waals surface area contributed by atoms with Crippen molar-refractivity contribution in [3.8, 4) is 0 Å². The van der Waals surface area contributed by atoms with Crippen LogP contribution in [-0.4, -0.2) is 24.9 Å². The van der Waals surface area contributed by atoms with Gasteiger partial charge in [0.15, 0.2) is 0 Å². The molecule has 0 saturated heterocycles. The van der Waals surface area contributed by atoms with E-state index < -0.39 is 0 Å². The van der Waals surface area contributed by atoms with Gasteiger partial charge in [0.25, 0.3) is 0 Å². The number of para-hydroxylation sites is 1. The average molecular weight is 382 g/mol. The minimum atomic E-state index is 1.09. The molecule has 1 nitrogen and oxygen atoms in total. The van der Waals surface area contributed by atoms with Crippen LogP contribution in [0, 0.1) is 0 Å². The Morgan fingerprint density at radius 3 is 1.60 bits per heavy atom. The lowest BCUT2D eigenvalue weighted by Crippen LogP contribution is -2.21. The fourth-order valence-electron chi connectivity index (χ4n) is 3.01. The number of nitrogens with zero attached hydrogens (tertiary/aromatic N) is 1. The van der Waals surface area contributed by atoms with Crippen LogP contribution >= 0.6 is 17.2 Å². The van der Waals surface area contributed by atoms with Gasteiger partial charge in [-0.3, -0.25) is 0 Å². The lowest BCUT2D eigenvalue weighted by molar-refractivity contribution is 0.658. The summed E-state index contributed by atoms with van der Waals surface area (Å²) in [4.78, 5) is 2.65. The van der Waals surface area contributed by atoms with Gasteiger partial charge in [-0.15, -0.1) is 17.2 Å². The summed E-state index contributed by atoms with van der Waals surface area (Å²) in [6.07, 6.45) is 19.5. The zero-order valence-corrected chi connectivity index (χ0v) is 18.7. The summed E-state index contributed by atoms with van der Waals surface area (Å²) in [6.45, 7) is 4.59. The Morgan fingerprint density at radius 1 is 0.640 bits per heavy atom. The van der Waals surface area contributed by atoms with E-state index in [1.54, 1.807) is 0 Å². The normalized spacial score (nSPS) is 11.9. The molecule has 0 aliphatic rings. The van der Waals surface area contributed by atoms with Crippen LogP contribution in [0.25, 0.3) is 0 Å². The van der Waals surface area contributed by atoms with Gasteiger partial charge >= 0.3 is 0 Å². The monoisotopic (exact) mass is 381 g/mol. The van der Waals surface area contributed by atoms with Crippen molar-refractivity contribution in [1.82, 2.24) is 0 Å².